The standard InChI is InChI=1S/C15H27NO3S/c1-3-19-14(17)15(16-12-5-6-12)8-7-13(11-15)20-10-4-9-18-2/h12-13,16H,3-11H2,1-2H3. The normalized spacial score (nSPS) is 29.6. The Kier molecular flexibility index (Phi) is 6.18. The number of hydrogen-bond donors (Lipinski definition) is 1. The van der Waals surface area contributed by atoms with Gasteiger partial charge in [-0.25, -0.2) is 0 Å². The number of thioether (sulfide) groups is 1. The van der Waals surface area contributed by atoms with Gasteiger partial charge in [-0.05, 0) is 51.2 Å². The molecule has 5 heteroatoms. The second-order valence-electron chi connectivity index (χ2n) is 5.80. The molecule has 0 amide bonds. The lowest BCUT2D eigenvalue weighted by molar-refractivity contribution is -0.151. The van der Waals surface area contributed by atoms with Gasteiger partial charge >= 0.3 is 5.97 Å². The van der Waals surface area contributed by atoms with Crippen LogP contribution in [0.2, 0.25) is 0 Å². The van der Waals surface area contributed by atoms with Gasteiger partial charge in [-0.15, -0.1) is 0 Å². The molecule has 0 aromatic rings. The van der Waals surface area contributed by atoms with Crippen LogP contribution in [0.3, 0.4) is 0 Å². The van der Waals surface area contributed by atoms with Gasteiger partial charge in [0.05, 0.1) is 6.61 Å². The van der Waals surface area contributed by atoms with E-state index < -0.39 is 5.54 Å². The monoisotopic (exact) mass is 301 g/mol. The number of ether oxygens (including phenoxy) is 2. The molecule has 2 aliphatic rings. The number of methoxy groups -OCH3 is 1. The number of carbonyl (C=O) groups is 1. The first kappa shape index (κ1) is 16.1. The zero-order chi connectivity index (χ0) is 14.4. The number of nitrogens with one attached hydrogen (secondary N) is 1. The van der Waals surface area contributed by atoms with E-state index in [1.54, 1.807) is 7.11 Å². The molecule has 0 aliphatic heterocycles. The van der Waals surface area contributed by atoms with Crippen molar-refractivity contribution in [2.24, 2.45) is 0 Å². The number of esters is 1. The highest BCUT2D eigenvalue weighted by Gasteiger charge is 2.48. The van der Waals surface area contributed by atoms with Crippen LogP contribution < -0.4 is 5.32 Å². The Morgan fingerprint density at radius 1 is 1.40 bits per heavy atom. The van der Waals surface area contributed by atoms with Crippen LogP contribution in [-0.2, 0) is 14.3 Å². The van der Waals surface area contributed by atoms with Crippen molar-refractivity contribution in [3.05, 3.63) is 0 Å². The van der Waals surface area contributed by atoms with E-state index in [0.717, 1.165) is 38.0 Å². The number of carbonyl (C=O) groups excluding carboxylic acids is 1. The first-order chi connectivity index (χ1) is 9.70. The summed E-state index contributed by atoms with van der Waals surface area (Å²) in [6.07, 6.45) is 6.43. The van der Waals surface area contributed by atoms with Crippen molar-refractivity contribution in [3.63, 3.8) is 0 Å². The fourth-order valence-electron chi connectivity index (χ4n) is 2.86. The van der Waals surface area contributed by atoms with E-state index >= 15 is 0 Å². The molecule has 0 bridgehead atoms. The Hall–Kier alpha value is -0.260. The van der Waals surface area contributed by atoms with Crippen LogP contribution in [0.25, 0.3) is 0 Å². The van der Waals surface area contributed by atoms with Gasteiger partial charge in [0, 0.05) is 25.0 Å². The van der Waals surface area contributed by atoms with Crippen LogP contribution in [-0.4, -0.2) is 48.9 Å². The second kappa shape index (κ2) is 7.66. The van der Waals surface area contributed by atoms with Crippen molar-refractivity contribution < 1.29 is 14.3 Å². The fraction of sp³-hybridized carbons (Fsp3) is 0.933. The third-order valence-electron chi connectivity index (χ3n) is 4.04. The molecule has 0 aromatic heterocycles. The molecule has 2 atom stereocenters. The Morgan fingerprint density at radius 3 is 2.85 bits per heavy atom. The van der Waals surface area contributed by atoms with E-state index in [1.165, 1.54) is 12.8 Å². The van der Waals surface area contributed by atoms with Gasteiger partial charge in [0.1, 0.15) is 5.54 Å². The molecule has 20 heavy (non-hydrogen) atoms. The maximum Gasteiger partial charge on any atom is 0.326 e. The summed E-state index contributed by atoms with van der Waals surface area (Å²) < 4.78 is 10.4. The minimum absolute atomic E-state index is 0.0353. The maximum atomic E-state index is 12.3. The second-order valence-corrected chi connectivity index (χ2v) is 7.21. The molecule has 2 aliphatic carbocycles. The Balaban J connectivity index is 1.84. The van der Waals surface area contributed by atoms with E-state index in [2.05, 4.69) is 5.32 Å². The summed E-state index contributed by atoms with van der Waals surface area (Å²) in [4.78, 5) is 12.3. The van der Waals surface area contributed by atoms with Gasteiger partial charge in [-0.1, -0.05) is 0 Å². The molecule has 0 heterocycles. The molecular formula is C15H27NO3S. The highest BCUT2D eigenvalue weighted by Crippen LogP contribution is 2.40. The van der Waals surface area contributed by atoms with Crippen molar-refractivity contribution in [1.82, 2.24) is 5.32 Å². The van der Waals surface area contributed by atoms with E-state index in [-0.39, 0.29) is 5.97 Å². The quantitative estimate of drug-likeness (QED) is 0.523. The van der Waals surface area contributed by atoms with Gasteiger partial charge in [-0.3, -0.25) is 10.1 Å². The van der Waals surface area contributed by atoms with Gasteiger partial charge in [0.15, 0.2) is 0 Å². The molecule has 0 spiro atoms. The van der Waals surface area contributed by atoms with E-state index in [4.69, 9.17) is 9.47 Å². The smallest absolute Gasteiger partial charge is 0.326 e. The van der Waals surface area contributed by atoms with Crippen LogP contribution in [0.15, 0.2) is 0 Å². The summed E-state index contributed by atoms with van der Waals surface area (Å²) in [5.41, 5.74) is -0.407. The van der Waals surface area contributed by atoms with Crippen molar-refractivity contribution in [1.29, 1.82) is 0 Å². The molecule has 116 valence electrons. The van der Waals surface area contributed by atoms with Crippen LogP contribution in [0.1, 0.15) is 45.4 Å². The predicted molar refractivity (Wildman–Crippen MR) is 82.1 cm³/mol. The van der Waals surface area contributed by atoms with Crippen molar-refractivity contribution in [2.45, 2.75) is 62.3 Å². The highest BCUT2D eigenvalue weighted by atomic mass is 32.2. The summed E-state index contributed by atoms with van der Waals surface area (Å²) in [6, 6.07) is 0.539. The summed E-state index contributed by atoms with van der Waals surface area (Å²) in [6.45, 7) is 3.18. The fourth-order valence-corrected chi connectivity index (χ4v) is 4.16. The maximum absolute atomic E-state index is 12.3. The molecule has 1 N–H and O–H groups in total. The highest BCUT2D eigenvalue weighted by molar-refractivity contribution is 7.99. The van der Waals surface area contributed by atoms with Crippen LogP contribution >= 0.6 is 11.8 Å². The molecule has 2 saturated carbocycles. The van der Waals surface area contributed by atoms with Gasteiger partial charge in [0.2, 0.25) is 0 Å². The van der Waals surface area contributed by atoms with E-state index in [9.17, 15) is 4.79 Å². The first-order valence-electron chi connectivity index (χ1n) is 7.75. The third-order valence-corrected chi connectivity index (χ3v) is 5.44. The van der Waals surface area contributed by atoms with Crippen LogP contribution in [0.4, 0.5) is 0 Å². The molecule has 2 rings (SSSR count). The molecule has 0 saturated heterocycles. The predicted octanol–water partition coefficient (Wildman–Crippen LogP) is 2.36. The third kappa shape index (κ3) is 4.37. The Morgan fingerprint density at radius 2 is 2.20 bits per heavy atom. The van der Waals surface area contributed by atoms with E-state index in [1.807, 2.05) is 18.7 Å². The zero-order valence-corrected chi connectivity index (χ0v) is 13.5. The lowest BCUT2D eigenvalue weighted by atomic mass is 9.97. The molecule has 4 nitrogen and oxygen atoms in total. The SMILES string of the molecule is CCOC(=O)C1(NC2CC2)CCC(SCCCOC)C1. The summed E-state index contributed by atoms with van der Waals surface area (Å²) in [5.74, 6) is 1.08. The largest absolute Gasteiger partial charge is 0.465 e. The van der Waals surface area contributed by atoms with Gasteiger partial charge < -0.3 is 9.47 Å². The van der Waals surface area contributed by atoms with Crippen molar-refractivity contribution in [3.8, 4) is 0 Å². The van der Waals surface area contributed by atoms with Gasteiger partial charge in [-0.2, -0.15) is 11.8 Å². The average Bonchev–Trinajstić information content (AvgIpc) is 3.14. The Bertz CT molecular complexity index is 322. The van der Waals surface area contributed by atoms with E-state index in [0.29, 0.717) is 17.9 Å². The topological polar surface area (TPSA) is 47.6 Å². The van der Waals surface area contributed by atoms with Crippen molar-refractivity contribution in [2.75, 3.05) is 26.1 Å². The minimum Gasteiger partial charge on any atom is -0.465 e. The molecule has 2 unspecified atom stereocenters. The molecule has 0 radical (unpaired) electrons. The Labute approximate surface area is 126 Å². The minimum atomic E-state index is -0.407. The number of rotatable bonds is 9. The lowest BCUT2D eigenvalue weighted by Gasteiger charge is -2.28. The number of hydrogen-bond acceptors (Lipinski definition) is 5. The first-order valence-corrected chi connectivity index (χ1v) is 8.80. The zero-order valence-electron chi connectivity index (χ0n) is 12.7. The summed E-state index contributed by atoms with van der Waals surface area (Å²) in [5, 5.41) is 4.14. The molecular weight excluding hydrogens is 274 g/mol. The average molecular weight is 301 g/mol. The summed E-state index contributed by atoms with van der Waals surface area (Å²) >= 11 is 1.98. The van der Waals surface area contributed by atoms with Crippen LogP contribution in [0, 0.1) is 0 Å². The molecule has 2 fully saturated rings. The lowest BCUT2D eigenvalue weighted by Crippen LogP contribution is -2.52. The molecule has 0 aromatic carbocycles. The van der Waals surface area contributed by atoms with Crippen LogP contribution in [0.5, 0.6) is 0 Å². The van der Waals surface area contributed by atoms with Gasteiger partial charge in [0.25, 0.3) is 0 Å². The summed E-state index contributed by atoms with van der Waals surface area (Å²) in [7, 11) is 1.74. The van der Waals surface area contributed by atoms with Crippen molar-refractivity contribution >= 4 is 17.7 Å².